The Balaban J connectivity index is 6.30. The van der Waals surface area contributed by atoms with Crippen molar-refractivity contribution in [1.82, 2.24) is 15.1 Å². The van der Waals surface area contributed by atoms with E-state index in [4.69, 9.17) is 14.2 Å². The fourth-order valence-corrected chi connectivity index (χ4v) is 8.41. The maximum Gasteiger partial charge on any atom is 0.306 e. The minimum atomic E-state index is -1.33. The maximum atomic E-state index is 14.7. The zero-order valence-corrected chi connectivity index (χ0v) is 45.5. The first-order valence-electron chi connectivity index (χ1n) is 28.2. The summed E-state index contributed by atoms with van der Waals surface area (Å²) in [4.78, 5) is 72.6. The number of esters is 3. The topological polar surface area (TPSA) is 132 Å². The van der Waals surface area contributed by atoms with Crippen molar-refractivity contribution in [3.63, 3.8) is 0 Å². The first kappa shape index (κ1) is 65.4. The van der Waals surface area contributed by atoms with E-state index in [9.17, 15) is 24.0 Å². The summed E-state index contributed by atoms with van der Waals surface area (Å²) in [7, 11) is 3.96. The van der Waals surface area contributed by atoms with Gasteiger partial charge in [-0.05, 0) is 111 Å². The molecule has 69 heavy (non-hydrogen) atoms. The van der Waals surface area contributed by atoms with Crippen LogP contribution in [0.2, 0.25) is 0 Å². The number of nitrogens with one attached hydrogen (secondary N) is 1. The lowest BCUT2D eigenvalue weighted by atomic mass is 9.83. The van der Waals surface area contributed by atoms with E-state index in [2.05, 4.69) is 68.5 Å². The molecule has 0 unspecified atom stereocenters. The minimum Gasteiger partial charge on any atom is -0.465 e. The molecule has 0 fully saturated rings. The van der Waals surface area contributed by atoms with Gasteiger partial charge in [-0.1, -0.05) is 130 Å². The van der Waals surface area contributed by atoms with Crippen LogP contribution in [0.4, 0.5) is 0 Å². The molecule has 0 heterocycles. The third-order valence-electron chi connectivity index (χ3n) is 12.6. The first-order chi connectivity index (χ1) is 33.5. The van der Waals surface area contributed by atoms with Crippen molar-refractivity contribution >= 4 is 29.7 Å². The summed E-state index contributed by atoms with van der Waals surface area (Å²) in [6, 6.07) is 0. The van der Waals surface area contributed by atoms with Gasteiger partial charge in [0.1, 0.15) is 24.9 Å². The van der Waals surface area contributed by atoms with Crippen LogP contribution in [-0.2, 0) is 38.2 Å². The van der Waals surface area contributed by atoms with Gasteiger partial charge >= 0.3 is 17.9 Å². The molecule has 0 aromatic rings. The van der Waals surface area contributed by atoms with Gasteiger partial charge in [-0.2, -0.15) is 0 Å². The summed E-state index contributed by atoms with van der Waals surface area (Å²) in [5.41, 5.74) is -1.33. The molecule has 0 aromatic carbocycles. The molecule has 0 aliphatic heterocycles. The second-order valence-corrected chi connectivity index (χ2v) is 19.3. The smallest absolute Gasteiger partial charge is 0.306 e. The molecule has 0 aromatic heterocycles. The molecule has 0 rings (SSSR count). The van der Waals surface area contributed by atoms with E-state index in [1.54, 1.807) is 4.90 Å². The van der Waals surface area contributed by atoms with Crippen molar-refractivity contribution in [3.05, 3.63) is 0 Å². The molecule has 0 saturated heterocycles. The molecule has 0 aliphatic rings. The molecule has 11 heteroatoms. The van der Waals surface area contributed by atoms with Gasteiger partial charge in [-0.3, -0.25) is 24.0 Å². The van der Waals surface area contributed by atoms with Crippen molar-refractivity contribution in [2.24, 2.45) is 0 Å². The van der Waals surface area contributed by atoms with Gasteiger partial charge in [-0.25, -0.2) is 0 Å². The summed E-state index contributed by atoms with van der Waals surface area (Å²) < 4.78 is 17.2. The van der Waals surface area contributed by atoms with Gasteiger partial charge in [0.05, 0.1) is 0 Å². The lowest BCUT2D eigenvalue weighted by Crippen LogP contribution is -2.61. The zero-order valence-electron chi connectivity index (χ0n) is 45.5. The number of ether oxygens (including phenoxy) is 3. The van der Waals surface area contributed by atoms with Crippen LogP contribution >= 0.6 is 0 Å². The number of carbonyl (C=O) groups excluding carboxylic acids is 5. The van der Waals surface area contributed by atoms with Gasteiger partial charge in [0.15, 0.2) is 0 Å². The second kappa shape index (κ2) is 46.8. The maximum absolute atomic E-state index is 14.7. The molecule has 0 bridgehead atoms. The highest BCUT2D eigenvalue weighted by Crippen LogP contribution is 2.32. The van der Waals surface area contributed by atoms with Crippen LogP contribution < -0.4 is 5.32 Å². The molecule has 11 nitrogen and oxygen atoms in total. The summed E-state index contributed by atoms with van der Waals surface area (Å²) in [5.74, 6) is 11.0. The third kappa shape index (κ3) is 37.0. The van der Waals surface area contributed by atoms with Gasteiger partial charge in [0.2, 0.25) is 11.8 Å². The SMILES string of the molecule is CCCCC#CCCOC(=O)CCCC(CCCC(=O)OCCC#CCCCC)(C(=O)NCCCC)N(CCCN(C)C)C(=O)CCCCC(=O)OC(CCCCCCCC)CCCCCCCC. The van der Waals surface area contributed by atoms with Gasteiger partial charge in [-0.15, -0.1) is 11.8 Å². The number of rotatable bonds is 45. The molecular formula is C58H103N3O8. The van der Waals surface area contributed by atoms with E-state index in [0.29, 0.717) is 64.6 Å². The predicted molar refractivity (Wildman–Crippen MR) is 283 cm³/mol. The number of carbonyl (C=O) groups is 5. The van der Waals surface area contributed by atoms with E-state index in [1.807, 2.05) is 14.1 Å². The fourth-order valence-electron chi connectivity index (χ4n) is 8.41. The standard InChI is InChI=1S/C58H103N3O8/c1-8-13-18-22-26-30-39-52(40-31-27-23-19-14-9-2)69-56(65)42-33-32-41-53(62)61(49-38-48-60(6)7)58(57(66)59-47-17-12-5,45-36-43-54(63)67-50-34-28-24-20-15-10-3)46-37-44-55(64)68-51-35-29-25-21-16-11-4/h52H,8-23,26-27,30-51H2,1-7H3,(H,59,66). The molecule has 398 valence electrons. The average molecular weight is 970 g/mol. The highest BCUT2D eigenvalue weighted by Gasteiger charge is 2.45. The Hall–Kier alpha value is -3.57. The fraction of sp³-hybridized carbons (Fsp3) is 0.845. The number of unbranched alkanes of at least 4 members (excludes halogenated alkanes) is 16. The summed E-state index contributed by atoms with van der Waals surface area (Å²) in [6.07, 6.45) is 27.7. The average Bonchev–Trinajstić information content (AvgIpc) is 3.32. The van der Waals surface area contributed by atoms with E-state index in [1.165, 1.54) is 51.4 Å². The Morgan fingerprint density at radius 3 is 1.42 bits per heavy atom. The zero-order chi connectivity index (χ0) is 51.1. The van der Waals surface area contributed by atoms with Crippen molar-refractivity contribution < 1.29 is 38.2 Å². The normalized spacial score (nSPS) is 11.1. The van der Waals surface area contributed by atoms with Crippen molar-refractivity contribution in [2.75, 3.05) is 46.9 Å². The lowest BCUT2D eigenvalue weighted by Gasteiger charge is -2.43. The van der Waals surface area contributed by atoms with Crippen LogP contribution in [0.25, 0.3) is 0 Å². The van der Waals surface area contributed by atoms with Crippen LogP contribution in [0.1, 0.15) is 259 Å². The van der Waals surface area contributed by atoms with Gasteiger partial charge < -0.3 is 29.3 Å². The Labute approximate surface area is 423 Å². The van der Waals surface area contributed by atoms with Crippen molar-refractivity contribution in [3.8, 4) is 23.7 Å². The Morgan fingerprint density at radius 2 is 0.928 bits per heavy atom. The largest absolute Gasteiger partial charge is 0.465 e. The second-order valence-electron chi connectivity index (χ2n) is 19.3. The number of hydrogen-bond acceptors (Lipinski definition) is 9. The summed E-state index contributed by atoms with van der Waals surface area (Å²) in [5, 5.41) is 3.15. The monoisotopic (exact) mass is 970 g/mol. The first-order valence-corrected chi connectivity index (χ1v) is 28.2. The molecule has 2 amide bonds. The minimum absolute atomic E-state index is 0.0708. The van der Waals surface area contributed by atoms with Crippen LogP contribution in [0.15, 0.2) is 0 Å². The van der Waals surface area contributed by atoms with Crippen LogP contribution in [0.5, 0.6) is 0 Å². The summed E-state index contributed by atoms with van der Waals surface area (Å²) in [6.45, 7) is 12.6. The van der Waals surface area contributed by atoms with E-state index < -0.39 is 5.54 Å². The predicted octanol–water partition coefficient (Wildman–Crippen LogP) is 13.0. The third-order valence-corrected chi connectivity index (χ3v) is 12.6. The van der Waals surface area contributed by atoms with E-state index in [-0.39, 0.29) is 87.6 Å². The summed E-state index contributed by atoms with van der Waals surface area (Å²) >= 11 is 0. The van der Waals surface area contributed by atoms with Crippen molar-refractivity contribution in [2.45, 2.75) is 271 Å². The molecule has 0 aliphatic carbocycles. The quantitative estimate of drug-likeness (QED) is 0.0274. The van der Waals surface area contributed by atoms with Crippen LogP contribution in [0.3, 0.4) is 0 Å². The highest BCUT2D eigenvalue weighted by molar-refractivity contribution is 5.91. The van der Waals surface area contributed by atoms with Crippen molar-refractivity contribution in [1.29, 1.82) is 0 Å². The Morgan fingerprint density at radius 1 is 0.478 bits per heavy atom. The molecule has 0 saturated carbocycles. The Bertz CT molecular complexity index is 1380. The van der Waals surface area contributed by atoms with Gasteiger partial charge in [0.25, 0.3) is 0 Å². The molecule has 0 spiro atoms. The van der Waals surface area contributed by atoms with E-state index in [0.717, 1.165) is 89.9 Å². The molecule has 0 radical (unpaired) electrons. The van der Waals surface area contributed by atoms with Crippen LogP contribution in [0, 0.1) is 23.7 Å². The Kier molecular flexibility index (Phi) is 44.4. The highest BCUT2D eigenvalue weighted by atomic mass is 16.5. The van der Waals surface area contributed by atoms with Gasteiger partial charge in [0, 0.05) is 64.5 Å². The molecule has 1 N–H and O–H groups in total. The number of amides is 2. The van der Waals surface area contributed by atoms with Crippen LogP contribution in [-0.4, -0.2) is 98.1 Å². The lowest BCUT2D eigenvalue weighted by molar-refractivity contribution is -0.152. The molecule has 0 atom stereocenters. The molecular weight excluding hydrogens is 867 g/mol. The number of hydrogen-bond donors (Lipinski definition) is 1. The van der Waals surface area contributed by atoms with E-state index >= 15 is 0 Å². The number of nitrogens with zero attached hydrogens (tertiary/aromatic N) is 2.